The molecule has 2 saturated heterocycles. The number of imide groups is 1. The summed E-state index contributed by atoms with van der Waals surface area (Å²) in [4.78, 5) is 39.9. The van der Waals surface area contributed by atoms with Crippen molar-refractivity contribution in [3.05, 3.63) is 34.9 Å². The van der Waals surface area contributed by atoms with Gasteiger partial charge in [-0.15, -0.1) is 0 Å². The van der Waals surface area contributed by atoms with Crippen molar-refractivity contribution in [1.82, 2.24) is 20.4 Å². The highest BCUT2D eigenvalue weighted by Crippen LogP contribution is 2.28. The fraction of sp³-hybridized carbons (Fsp3) is 0.550. The van der Waals surface area contributed by atoms with Crippen molar-refractivity contribution in [2.24, 2.45) is 0 Å². The third-order valence-electron chi connectivity index (χ3n) is 5.76. The van der Waals surface area contributed by atoms with Crippen LogP contribution in [0.25, 0.3) is 0 Å². The van der Waals surface area contributed by atoms with E-state index in [9.17, 15) is 14.4 Å². The first kappa shape index (κ1) is 20.6. The second kappa shape index (κ2) is 8.49. The van der Waals surface area contributed by atoms with Crippen molar-refractivity contribution in [2.45, 2.75) is 44.7 Å². The summed E-state index contributed by atoms with van der Waals surface area (Å²) in [5.41, 5.74) is 0.189. The van der Waals surface area contributed by atoms with Crippen LogP contribution in [0.4, 0.5) is 4.79 Å². The van der Waals surface area contributed by atoms with Crippen molar-refractivity contribution in [1.29, 1.82) is 0 Å². The third-order valence-corrected chi connectivity index (χ3v) is 6.10. The number of hydrogen-bond acceptors (Lipinski definition) is 4. The average Bonchev–Trinajstić information content (AvgIpc) is 2.93. The van der Waals surface area contributed by atoms with Gasteiger partial charge in [0.1, 0.15) is 5.54 Å². The molecule has 0 aromatic heterocycles. The minimum atomic E-state index is -0.916. The molecule has 4 amide bonds. The molecule has 0 aliphatic carbocycles. The summed E-state index contributed by atoms with van der Waals surface area (Å²) < 4.78 is 0. The summed E-state index contributed by atoms with van der Waals surface area (Å²) >= 11 is 6.31. The van der Waals surface area contributed by atoms with Crippen molar-refractivity contribution in [2.75, 3.05) is 26.2 Å². The van der Waals surface area contributed by atoms with E-state index < -0.39 is 11.6 Å². The molecule has 2 atom stereocenters. The van der Waals surface area contributed by atoms with Gasteiger partial charge in [0.15, 0.2) is 0 Å². The standard InChI is InChI=1S/C20H27ClN4O3/c1-14(15-6-3-4-7-16(15)21)24-10-12-25(13-11-24)17(26)8-5-9-20(2)18(27)22-19(28)23-20/h3-4,6-7,14H,5,8-13H2,1-2H3,(H2,22,23,27,28)/t14-,20+/m1/s1. The highest BCUT2D eigenvalue weighted by atomic mass is 35.5. The Labute approximate surface area is 170 Å². The van der Waals surface area contributed by atoms with Crippen molar-refractivity contribution in [3.8, 4) is 0 Å². The van der Waals surface area contributed by atoms with Gasteiger partial charge in [0.25, 0.3) is 5.91 Å². The van der Waals surface area contributed by atoms with E-state index in [4.69, 9.17) is 11.6 Å². The molecule has 1 aromatic rings. The maximum Gasteiger partial charge on any atom is 0.322 e. The third kappa shape index (κ3) is 4.47. The molecular weight excluding hydrogens is 380 g/mol. The first-order valence-corrected chi connectivity index (χ1v) is 10.1. The molecule has 152 valence electrons. The summed E-state index contributed by atoms with van der Waals surface area (Å²) in [6, 6.07) is 7.60. The van der Waals surface area contributed by atoms with Gasteiger partial charge in [-0.2, -0.15) is 0 Å². The van der Waals surface area contributed by atoms with E-state index in [1.807, 2.05) is 29.2 Å². The van der Waals surface area contributed by atoms with Gasteiger partial charge in [-0.25, -0.2) is 4.79 Å². The van der Waals surface area contributed by atoms with Gasteiger partial charge in [0.2, 0.25) is 5.91 Å². The van der Waals surface area contributed by atoms with Crippen molar-refractivity contribution in [3.63, 3.8) is 0 Å². The summed E-state index contributed by atoms with van der Waals surface area (Å²) in [5, 5.41) is 5.64. The molecule has 0 saturated carbocycles. The SMILES string of the molecule is C[C@H](c1ccccc1Cl)N1CCN(C(=O)CCC[C@]2(C)NC(=O)NC2=O)CC1. The highest BCUT2D eigenvalue weighted by Gasteiger charge is 2.41. The number of nitrogens with zero attached hydrogens (tertiary/aromatic N) is 2. The molecular formula is C20H27ClN4O3. The summed E-state index contributed by atoms with van der Waals surface area (Å²) in [6.45, 7) is 6.79. The maximum atomic E-state index is 12.5. The Bertz CT molecular complexity index is 764. The number of piperazine rings is 1. The molecule has 0 radical (unpaired) electrons. The number of urea groups is 1. The van der Waals surface area contributed by atoms with Crippen LogP contribution in [0.3, 0.4) is 0 Å². The van der Waals surface area contributed by atoms with Gasteiger partial charge in [-0.3, -0.25) is 19.8 Å². The number of nitrogens with one attached hydrogen (secondary N) is 2. The van der Waals surface area contributed by atoms with Gasteiger partial charge in [-0.1, -0.05) is 29.8 Å². The predicted octanol–water partition coefficient (Wildman–Crippen LogP) is 2.31. The van der Waals surface area contributed by atoms with Gasteiger partial charge in [0.05, 0.1) is 0 Å². The lowest BCUT2D eigenvalue weighted by Gasteiger charge is -2.38. The smallest absolute Gasteiger partial charge is 0.322 e. The van der Waals surface area contributed by atoms with E-state index in [1.54, 1.807) is 6.92 Å². The topological polar surface area (TPSA) is 81.8 Å². The lowest BCUT2D eigenvalue weighted by atomic mass is 9.95. The number of benzene rings is 1. The molecule has 2 fully saturated rings. The van der Waals surface area contributed by atoms with Crippen molar-refractivity contribution >= 4 is 29.4 Å². The number of carbonyl (C=O) groups is 3. The molecule has 8 heteroatoms. The van der Waals surface area contributed by atoms with Crippen LogP contribution in [-0.2, 0) is 9.59 Å². The van der Waals surface area contributed by atoms with Gasteiger partial charge in [-0.05, 0) is 38.3 Å². The Kier molecular flexibility index (Phi) is 6.25. The van der Waals surface area contributed by atoms with Crippen LogP contribution in [0.2, 0.25) is 5.02 Å². The zero-order valence-corrected chi connectivity index (χ0v) is 17.1. The first-order valence-electron chi connectivity index (χ1n) is 9.70. The van der Waals surface area contributed by atoms with Crippen LogP contribution in [0.5, 0.6) is 0 Å². The van der Waals surface area contributed by atoms with E-state index >= 15 is 0 Å². The molecule has 0 spiro atoms. The number of halogens is 1. The Morgan fingerprint density at radius 2 is 1.89 bits per heavy atom. The Morgan fingerprint density at radius 3 is 2.50 bits per heavy atom. The van der Waals surface area contributed by atoms with E-state index in [-0.39, 0.29) is 17.9 Å². The number of amides is 4. The van der Waals surface area contributed by atoms with Gasteiger partial charge in [0, 0.05) is 43.7 Å². The zero-order chi connectivity index (χ0) is 20.3. The molecule has 28 heavy (non-hydrogen) atoms. The predicted molar refractivity (Wildman–Crippen MR) is 107 cm³/mol. The Hall–Kier alpha value is -2.12. The van der Waals surface area contributed by atoms with Crippen LogP contribution in [0.15, 0.2) is 24.3 Å². The molecule has 2 aliphatic rings. The van der Waals surface area contributed by atoms with E-state index in [1.165, 1.54) is 0 Å². The quantitative estimate of drug-likeness (QED) is 0.710. The molecule has 2 aliphatic heterocycles. The summed E-state index contributed by atoms with van der Waals surface area (Å²) in [7, 11) is 0. The Morgan fingerprint density at radius 1 is 1.21 bits per heavy atom. The molecule has 0 unspecified atom stereocenters. The number of hydrogen-bond donors (Lipinski definition) is 2. The lowest BCUT2D eigenvalue weighted by Crippen LogP contribution is -2.49. The molecule has 1 aromatic carbocycles. The largest absolute Gasteiger partial charge is 0.340 e. The lowest BCUT2D eigenvalue weighted by molar-refractivity contribution is -0.133. The van der Waals surface area contributed by atoms with Crippen LogP contribution < -0.4 is 10.6 Å². The molecule has 2 heterocycles. The van der Waals surface area contributed by atoms with Crippen LogP contribution >= 0.6 is 11.6 Å². The minimum absolute atomic E-state index is 0.0957. The molecule has 3 rings (SSSR count). The maximum absolute atomic E-state index is 12.5. The van der Waals surface area contributed by atoms with Crippen molar-refractivity contribution < 1.29 is 14.4 Å². The zero-order valence-electron chi connectivity index (χ0n) is 16.3. The molecule has 0 bridgehead atoms. The monoisotopic (exact) mass is 406 g/mol. The number of rotatable bonds is 6. The Balaban J connectivity index is 1.44. The minimum Gasteiger partial charge on any atom is -0.340 e. The second-order valence-electron chi connectivity index (χ2n) is 7.71. The van der Waals surface area contributed by atoms with Crippen LogP contribution in [-0.4, -0.2) is 59.4 Å². The second-order valence-corrected chi connectivity index (χ2v) is 8.12. The fourth-order valence-corrected chi connectivity index (χ4v) is 4.17. The van der Waals surface area contributed by atoms with Gasteiger partial charge >= 0.3 is 6.03 Å². The summed E-state index contributed by atoms with van der Waals surface area (Å²) in [5.74, 6) is -0.231. The molecule has 2 N–H and O–H groups in total. The van der Waals surface area contributed by atoms with E-state index in [0.717, 1.165) is 23.7 Å². The fourth-order valence-electron chi connectivity index (χ4n) is 3.88. The summed E-state index contributed by atoms with van der Waals surface area (Å²) in [6.07, 6.45) is 1.37. The highest BCUT2D eigenvalue weighted by molar-refractivity contribution is 6.31. The first-order chi connectivity index (χ1) is 13.3. The normalized spacial score (nSPS) is 24.0. The molecule has 7 nitrogen and oxygen atoms in total. The average molecular weight is 407 g/mol. The van der Waals surface area contributed by atoms with Crippen LogP contribution in [0, 0.1) is 0 Å². The van der Waals surface area contributed by atoms with E-state index in [0.29, 0.717) is 32.4 Å². The number of carbonyl (C=O) groups excluding carboxylic acids is 3. The van der Waals surface area contributed by atoms with E-state index in [2.05, 4.69) is 22.5 Å². The van der Waals surface area contributed by atoms with Crippen LogP contribution in [0.1, 0.15) is 44.7 Å². The van der Waals surface area contributed by atoms with Gasteiger partial charge < -0.3 is 10.2 Å².